The van der Waals surface area contributed by atoms with Gasteiger partial charge >= 0.3 is 0 Å². The van der Waals surface area contributed by atoms with Crippen LogP contribution in [-0.4, -0.2) is 21.7 Å². The largest absolute Gasteiger partial charge is 0.478 e. The molecule has 2 aromatic rings. The van der Waals surface area contributed by atoms with Gasteiger partial charge in [0.05, 0.1) is 7.11 Å². The maximum absolute atomic E-state index is 5.82. The van der Waals surface area contributed by atoms with Gasteiger partial charge in [-0.05, 0) is 19.9 Å². The Kier molecular flexibility index (Phi) is 1.80. The summed E-state index contributed by atoms with van der Waals surface area (Å²) in [5.41, 5.74) is 8.86. The summed E-state index contributed by atoms with van der Waals surface area (Å²) in [6, 6.07) is 1.94. The predicted molar refractivity (Wildman–Crippen MR) is 53.4 cm³/mol. The van der Waals surface area contributed by atoms with E-state index in [-0.39, 0.29) is 0 Å². The molecule has 0 spiro atoms. The van der Waals surface area contributed by atoms with Gasteiger partial charge in [-0.25, -0.2) is 9.50 Å². The predicted octanol–water partition coefficient (Wildman–Crippen LogP) is 0.937. The zero-order chi connectivity index (χ0) is 10.3. The topological polar surface area (TPSA) is 65.4 Å². The first-order chi connectivity index (χ1) is 6.63. The molecule has 2 heterocycles. The molecule has 0 saturated heterocycles. The lowest BCUT2D eigenvalue weighted by atomic mass is 10.3. The molecule has 5 nitrogen and oxygen atoms in total. The van der Waals surface area contributed by atoms with Gasteiger partial charge in [-0.1, -0.05) is 0 Å². The van der Waals surface area contributed by atoms with Crippen LogP contribution in [0.2, 0.25) is 0 Å². The quantitative estimate of drug-likeness (QED) is 0.730. The Balaban J connectivity index is 2.85. The Morgan fingerprint density at radius 2 is 2.14 bits per heavy atom. The van der Waals surface area contributed by atoms with E-state index in [0.717, 1.165) is 11.4 Å². The molecule has 0 aromatic carbocycles. The van der Waals surface area contributed by atoms with Gasteiger partial charge in [0.1, 0.15) is 5.69 Å². The highest BCUT2D eigenvalue weighted by Gasteiger charge is 2.12. The molecule has 0 saturated carbocycles. The number of nitrogen functional groups attached to an aromatic ring is 1. The van der Waals surface area contributed by atoms with E-state index < -0.39 is 0 Å². The van der Waals surface area contributed by atoms with E-state index in [1.807, 2.05) is 19.9 Å². The minimum absolute atomic E-state index is 0.422. The normalized spacial score (nSPS) is 10.8. The first kappa shape index (κ1) is 8.80. The number of hydrogen-bond acceptors (Lipinski definition) is 4. The van der Waals surface area contributed by atoms with Gasteiger partial charge in [-0.2, -0.15) is 0 Å². The van der Waals surface area contributed by atoms with Crippen LogP contribution in [0.15, 0.2) is 6.07 Å². The minimum atomic E-state index is 0.422. The second kappa shape index (κ2) is 2.87. The van der Waals surface area contributed by atoms with Crippen LogP contribution >= 0.6 is 0 Å². The highest BCUT2D eigenvalue weighted by Crippen LogP contribution is 2.24. The number of hydrogen-bond donors (Lipinski definition) is 1. The van der Waals surface area contributed by atoms with Crippen molar-refractivity contribution >= 4 is 11.3 Å². The van der Waals surface area contributed by atoms with Crippen molar-refractivity contribution in [3.05, 3.63) is 17.5 Å². The molecule has 14 heavy (non-hydrogen) atoms. The summed E-state index contributed by atoms with van der Waals surface area (Å²) in [6.07, 6.45) is 0. The van der Waals surface area contributed by atoms with Crippen LogP contribution in [0.5, 0.6) is 5.88 Å². The molecule has 0 bridgehead atoms. The monoisotopic (exact) mass is 192 g/mol. The van der Waals surface area contributed by atoms with Gasteiger partial charge in [-0.3, -0.25) is 0 Å². The van der Waals surface area contributed by atoms with E-state index in [4.69, 9.17) is 10.5 Å². The van der Waals surface area contributed by atoms with E-state index in [0.29, 0.717) is 17.2 Å². The second-order valence-corrected chi connectivity index (χ2v) is 3.20. The Morgan fingerprint density at radius 3 is 2.79 bits per heavy atom. The molecule has 0 amide bonds. The van der Waals surface area contributed by atoms with Crippen LogP contribution in [-0.2, 0) is 0 Å². The Bertz CT molecular complexity index is 489. The van der Waals surface area contributed by atoms with Crippen molar-refractivity contribution in [1.29, 1.82) is 0 Å². The summed E-state index contributed by atoms with van der Waals surface area (Å²) in [5.74, 6) is 0.422. The van der Waals surface area contributed by atoms with Crippen molar-refractivity contribution in [3.63, 3.8) is 0 Å². The third kappa shape index (κ3) is 1.09. The van der Waals surface area contributed by atoms with Crippen molar-refractivity contribution in [2.24, 2.45) is 0 Å². The minimum Gasteiger partial charge on any atom is -0.478 e. The average Bonchev–Trinajstić information content (AvgIpc) is 2.44. The Morgan fingerprint density at radius 1 is 1.43 bits per heavy atom. The second-order valence-electron chi connectivity index (χ2n) is 3.20. The molecule has 0 aliphatic heterocycles. The van der Waals surface area contributed by atoms with Crippen LogP contribution in [0, 0.1) is 13.8 Å². The van der Waals surface area contributed by atoms with Gasteiger partial charge < -0.3 is 10.5 Å². The first-order valence-corrected chi connectivity index (χ1v) is 4.30. The molecule has 0 atom stereocenters. The van der Waals surface area contributed by atoms with Crippen molar-refractivity contribution in [3.8, 4) is 5.88 Å². The number of ether oxygens (including phenoxy) is 1. The molecule has 0 unspecified atom stereocenters. The molecule has 2 rings (SSSR count). The van der Waals surface area contributed by atoms with Gasteiger partial charge in [0.25, 0.3) is 5.88 Å². The van der Waals surface area contributed by atoms with Crippen LogP contribution < -0.4 is 10.5 Å². The van der Waals surface area contributed by atoms with E-state index >= 15 is 0 Å². The molecule has 2 N–H and O–H groups in total. The number of nitrogens with zero attached hydrogens (tertiary/aromatic N) is 3. The molecule has 0 fully saturated rings. The smallest absolute Gasteiger partial charge is 0.258 e. The molecule has 0 aliphatic rings. The standard InChI is InChI=1S/C9H12N4O/c1-5-4-6(2)13-8(11-5)7(10)9(12-13)14-3/h4H,10H2,1-3H3. The molecular formula is C9H12N4O. The lowest BCUT2D eigenvalue weighted by Gasteiger charge is -1.99. The fourth-order valence-corrected chi connectivity index (χ4v) is 1.47. The summed E-state index contributed by atoms with van der Waals surface area (Å²) in [7, 11) is 1.54. The number of methoxy groups -OCH3 is 1. The van der Waals surface area contributed by atoms with Crippen molar-refractivity contribution in [2.75, 3.05) is 12.8 Å². The number of rotatable bonds is 1. The SMILES string of the molecule is COc1nn2c(C)cc(C)nc2c1N. The zero-order valence-electron chi connectivity index (χ0n) is 8.40. The number of aryl methyl sites for hydroxylation is 2. The molecule has 2 aromatic heterocycles. The molecular weight excluding hydrogens is 180 g/mol. The lowest BCUT2D eigenvalue weighted by Crippen LogP contribution is -1.98. The summed E-state index contributed by atoms with van der Waals surface area (Å²) in [4.78, 5) is 4.30. The number of fused-ring (bicyclic) bond motifs is 1. The molecule has 74 valence electrons. The van der Waals surface area contributed by atoms with Crippen LogP contribution in [0.25, 0.3) is 5.65 Å². The zero-order valence-corrected chi connectivity index (χ0v) is 8.40. The maximum atomic E-state index is 5.82. The summed E-state index contributed by atoms with van der Waals surface area (Å²) < 4.78 is 6.71. The highest BCUT2D eigenvalue weighted by molar-refractivity contribution is 5.70. The highest BCUT2D eigenvalue weighted by atomic mass is 16.5. The Hall–Kier alpha value is -1.78. The Labute approximate surface area is 81.5 Å². The maximum Gasteiger partial charge on any atom is 0.258 e. The van der Waals surface area contributed by atoms with Gasteiger partial charge in [-0.15, -0.1) is 5.10 Å². The van der Waals surface area contributed by atoms with Gasteiger partial charge in [0, 0.05) is 11.4 Å². The summed E-state index contributed by atoms with van der Waals surface area (Å²) in [6.45, 7) is 3.87. The van der Waals surface area contributed by atoms with Crippen molar-refractivity contribution < 1.29 is 4.74 Å². The molecule has 5 heteroatoms. The average molecular weight is 192 g/mol. The van der Waals surface area contributed by atoms with Crippen molar-refractivity contribution in [1.82, 2.24) is 14.6 Å². The van der Waals surface area contributed by atoms with Crippen molar-refractivity contribution in [2.45, 2.75) is 13.8 Å². The lowest BCUT2D eigenvalue weighted by molar-refractivity contribution is 0.396. The number of anilines is 1. The fourth-order valence-electron chi connectivity index (χ4n) is 1.47. The first-order valence-electron chi connectivity index (χ1n) is 4.30. The molecule has 0 aliphatic carbocycles. The molecule has 0 radical (unpaired) electrons. The summed E-state index contributed by atoms with van der Waals surface area (Å²) >= 11 is 0. The number of nitrogens with two attached hydrogens (primary N) is 1. The number of aromatic nitrogens is 3. The third-order valence-corrected chi connectivity index (χ3v) is 2.09. The van der Waals surface area contributed by atoms with Crippen LogP contribution in [0.1, 0.15) is 11.4 Å². The summed E-state index contributed by atoms with van der Waals surface area (Å²) in [5, 5.41) is 4.18. The van der Waals surface area contributed by atoms with Gasteiger partial charge in [0.2, 0.25) is 0 Å². The van der Waals surface area contributed by atoms with Gasteiger partial charge in [0.15, 0.2) is 5.65 Å². The van der Waals surface area contributed by atoms with Crippen LogP contribution in [0.4, 0.5) is 5.69 Å². The van der Waals surface area contributed by atoms with E-state index in [2.05, 4.69) is 10.1 Å². The van der Waals surface area contributed by atoms with Crippen LogP contribution in [0.3, 0.4) is 0 Å². The van der Waals surface area contributed by atoms with E-state index in [1.54, 1.807) is 11.6 Å². The fraction of sp³-hybridized carbons (Fsp3) is 0.333. The van der Waals surface area contributed by atoms with E-state index in [9.17, 15) is 0 Å². The third-order valence-electron chi connectivity index (χ3n) is 2.09. The van der Waals surface area contributed by atoms with E-state index in [1.165, 1.54) is 0 Å².